The van der Waals surface area contributed by atoms with Gasteiger partial charge in [-0.2, -0.15) is 0 Å². The van der Waals surface area contributed by atoms with Crippen molar-refractivity contribution < 1.29 is 24.3 Å². The smallest absolute Gasteiger partial charge is 0.322 e. The van der Waals surface area contributed by atoms with Crippen LogP contribution in [-0.4, -0.2) is 46.3 Å². The molecule has 8 nitrogen and oxygen atoms in total. The lowest BCUT2D eigenvalue weighted by Gasteiger charge is -2.29. The van der Waals surface area contributed by atoms with E-state index in [1.165, 1.54) is 4.90 Å². The summed E-state index contributed by atoms with van der Waals surface area (Å²) in [7, 11) is 0. The van der Waals surface area contributed by atoms with Crippen molar-refractivity contribution in [3.63, 3.8) is 0 Å². The third-order valence-corrected chi connectivity index (χ3v) is 4.93. The van der Waals surface area contributed by atoms with Crippen molar-refractivity contribution in [2.75, 3.05) is 11.9 Å². The molecule has 3 rings (SSSR count). The highest BCUT2D eigenvalue weighted by Gasteiger charge is 2.39. The molecule has 1 aromatic carbocycles. The summed E-state index contributed by atoms with van der Waals surface area (Å²) in [5, 5.41) is 13.8. The predicted octanol–water partition coefficient (Wildman–Crippen LogP) is 0.549. The predicted molar refractivity (Wildman–Crippen MR) is 91.3 cm³/mol. The van der Waals surface area contributed by atoms with E-state index in [0.29, 0.717) is 17.7 Å². The van der Waals surface area contributed by atoms with E-state index in [9.17, 15) is 19.2 Å². The number of hydrogen-bond donors (Lipinski definition) is 3. The molecule has 126 valence electrons. The number of benzene rings is 1. The molecular weight excluding hydrogens is 429 g/mol. The average molecular weight is 443 g/mol. The lowest BCUT2D eigenvalue weighted by molar-refractivity contribution is -0.137. The van der Waals surface area contributed by atoms with Crippen molar-refractivity contribution in [2.45, 2.75) is 25.4 Å². The van der Waals surface area contributed by atoms with E-state index < -0.39 is 17.9 Å². The SMILES string of the molecule is O=C(O)CNc1cc2c(cc1I)C(=O)N(C1CCC(=O)NC1=O)C2. The number of piperidine rings is 1. The Balaban J connectivity index is 1.83. The molecule has 0 aliphatic carbocycles. The molecule has 3 amide bonds. The van der Waals surface area contributed by atoms with Crippen LogP contribution < -0.4 is 10.6 Å². The van der Waals surface area contributed by atoms with Crippen LogP contribution in [-0.2, 0) is 20.9 Å². The third kappa shape index (κ3) is 3.07. The summed E-state index contributed by atoms with van der Waals surface area (Å²) >= 11 is 2.03. The summed E-state index contributed by atoms with van der Waals surface area (Å²) in [6.45, 7) is 0.0404. The minimum absolute atomic E-state index is 0.208. The van der Waals surface area contributed by atoms with Crippen LogP contribution in [0, 0.1) is 3.57 Å². The van der Waals surface area contributed by atoms with Crippen LogP contribution in [0.25, 0.3) is 0 Å². The van der Waals surface area contributed by atoms with Crippen LogP contribution in [0.2, 0.25) is 0 Å². The molecule has 2 heterocycles. The number of carboxylic acid groups (broad SMARTS) is 1. The zero-order chi connectivity index (χ0) is 17.4. The van der Waals surface area contributed by atoms with Crippen molar-refractivity contribution in [1.29, 1.82) is 0 Å². The van der Waals surface area contributed by atoms with Crippen molar-refractivity contribution in [2.24, 2.45) is 0 Å². The monoisotopic (exact) mass is 443 g/mol. The Morgan fingerprint density at radius 1 is 1.38 bits per heavy atom. The molecule has 24 heavy (non-hydrogen) atoms. The van der Waals surface area contributed by atoms with Gasteiger partial charge in [-0.05, 0) is 46.7 Å². The number of imide groups is 1. The van der Waals surface area contributed by atoms with Gasteiger partial charge in [0.25, 0.3) is 5.91 Å². The van der Waals surface area contributed by atoms with Gasteiger partial charge in [0.2, 0.25) is 11.8 Å². The van der Waals surface area contributed by atoms with Gasteiger partial charge < -0.3 is 15.3 Å². The Hall–Kier alpha value is -2.17. The van der Waals surface area contributed by atoms with Gasteiger partial charge in [0.1, 0.15) is 12.6 Å². The average Bonchev–Trinajstić information content (AvgIpc) is 2.81. The van der Waals surface area contributed by atoms with Gasteiger partial charge in [-0.3, -0.25) is 24.5 Å². The molecule has 1 unspecified atom stereocenters. The first kappa shape index (κ1) is 16.7. The number of carbonyl (C=O) groups is 4. The molecule has 3 N–H and O–H groups in total. The van der Waals surface area contributed by atoms with E-state index in [0.717, 1.165) is 9.13 Å². The number of nitrogens with zero attached hydrogens (tertiary/aromatic N) is 1. The number of fused-ring (bicyclic) bond motifs is 1. The maximum absolute atomic E-state index is 12.6. The number of hydrogen-bond acceptors (Lipinski definition) is 5. The van der Waals surface area contributed by atoms with E-state index in [1.807, 2.05) is 22.6 Å². The number of nitrogens with one attached hydrogen (secondary N) is 2. The first-order chi connectivity index (χ1) is 11.4. The van der Waals surface area contributed by atoms with Gasteiger partial charge in [0, 0.05) is 27.8 Å². The molecule has 1 fully saturated rings. The number of anilines is 1. The maximum atomic E-state index is 12.6. The standard InChI is InChI=1S/C15H14IN3O5/c16-9-4-8-7(3-10(9)17-5-13(21)22)6-19(15(8)24)11-1-2-12(20)18-14(11)23/h3-4,11,17H,1-2,5-6H2,(H,21,22)(H,18,20,23). The second-order valence-electron chi connectivity index (χ2n) is 5.64. The van der Waals surface area contributed by atoms with Crippen LogP contribution in [0.3, 0.4) is 0 Å². The maximum Gasteiger partial charge on any atom is 0.322 e. The summed E-state index contributed by atoms with van der Waals surface area (Å²) in [6.07, 6.45) is 0.519. The topological polar surface area (TPSA) is 116 Å². The minimum atomic E-state index is -0.979. The third-order valence-electron chi connectivity index (χ3n) is 4.04. The molecular formula is C15H14IN3O5. The Morgan fingerprint density at radius 2 is 2.12 bits per heavy atom. The van der Waals surface area contributed by atoms with Gasteiger partial charge in [0.15, 0.2) is 0 Å². The van der Waals surface area contributed by atoms with Crippen molar-refractivity contribution in [3.05, 3.63) is 26.8 Å². The second-order valence-corrected chi connectivity index (χ2v) is 6.80. The number of carboxylic acids is 1. The van der Waals surface area contributed by atoms with Gasteiger partial charge >= 0.3 is 5.97 Å². The van der Waals surface area contributed by atoms with Crippen LogP contribution in [0.4, 0.5) is 5.69 Å². The Labute approximate surface area is 150 Å². The highest BCUT2D eigenvalue weighted by atomic mass is 127. The van der Waals surface area contributed by atoms with E-state index in [4.69, 9.17) is 5.11 Å². The van der Waals surface area contributed by atoms with E-state index in [2.05, 4.69) is 10.6 Å². The number of rotatable bonds is 4. The summed E-state index contributed by atoms with van der Waals surface area (Å²) in [5.41, 5.74) is 1.87. The van der Waals surface area contributed by atoms with Gasteiger partial charge in [-0.15, -0.1) is 0 Å². The van der Waals surface area contributed by atoms with Crippen LogP contribution >= 0.6 is 22.6 Å². The van der Waals surface area contributed by atoms with Gasteiger partial charge in [0.05, 0.1) is 0 Å². The summed E-state index contributed by atoms with van der Waals surface area (Å²) in [5.74, 6) is -2.00. The zero-order valence-electron chi connectivity index (χ0n) is 12.5. The number of aliphatic carboxylic acids is 1. The second kappa shape index (κ2) is 6.38. The van der Waals surface area contributed by atoms with E-state index in [-0.39, 0.29) is 31.3 Å². The lowest BCUT2D eigenvalue weighted by Crippen LogP contribution is -2.52. The molecule has 1 atom stereocenters. The molecule has 0 saturated carbocycles. The van der Waals surface area contributed by atoms with Crippen LogP contribution in [0.1, 0.15) is 28.8 Å². The number of amides is 3. The Kier molecular flexibility index (Phi) is 4.43. The van der Waals surface area contributed by atoms with E-state index in [1.54, 1.807) is 12.1 Å². The van der Waals surface area contributed by atoms with Gasteiger partial charge in [-0.25, -0.2) is 0 Å². The number of halogens is 1. The quantitative estimate of drug-likeness (QED) is 0.463. The summed E-state index contributed by atoms with van der Waals surface area (Å²) < 4.78 is 0.728. The largest absolute Gasteiger partial charge is 0.480 e. The minimum Gasteiger partial charge on any atom is -0.480 e. The van der Waals surface area contributed by atoms with Crippen LogP contribution in [0.5, 0.6) is 0 Å². The fourth-order valence-electron chi connectivity index (χ4n) is 2.90. The lowest BCUT2D eigenvalue weighted by atomic mass is 10.0. The van der Waals surface area contributed by atoms with Crippen molar-refractivity contribution >= 4 is 52.0 Å². The zero-order valence-corrected chi connectivity index (χ0v) is 14.6. The molecule has 0 spiro atoms. The molecule has 1 aromatic rings. The number of carbonyl (C=O) groups excluding carboxylic acids is 3. The molecule has 0 radical (unpaired) electrons. The fraction of sp³-hybridized carbons (Fsp3) is 0.333. The van der Waals surface area contributed by atoms with Crippen LogP contribution in [0.15, 0.2) is 12.1 Å². The summed E-state index contributed by atoms with van der Waals surface area (Å²) in [4.78, 5) is 48.0. The molecule has 1 saturated heterocycles. The first-order valence-corrected chi connectivity index (χ1v) is 8.37. The Morgan fingerprint density at radius 3 is 2.79 bits per heavy atom. The Bertz CT molecular complexity index is 764. The van der Waals surface area contributed by atoms with E-state index >= 15 is 0 Å². The fourth-order valence-corrected chi connectivity index (χ4v) is 3.55. The normalized spacial score (nSPS) is 20.0. The molecule has 2 aliphatic heterocycles. The molecule has 0 aromatic heterocycles. The highest BCUT2D eigenvalue weighted by molar-refractivity contribution is 14.1. The summed E-state index contributed by atoms with van der Waals surface area (Å²) in [6, 6.07) is 2.77. The molecule has 2 aliphatic rings. The molecule has 0 bridgehead atoms. The van der Waals surface area contributed by atoms with Crippen molar-refractivity contribution in [1.82, 2.24) is 10.2 Å². The first-order valence-electron chi connectivity index (χ1n) is 7.29. The highest BCUT2D eigenvalue weighted by Crippen LogP contribution is 2.32. The molecule has 9 heteroatoms. The van der Waals surface area contributed by atoms with Gasteiger partial charge in [-0.1, -0.05) is 0 Å². The van der Waals surface area contributed by atoms with Crippen molar-refractivity contribution in [3.8, 4) is 0 Å².